The Labute approximate surface area is 244 Å². The number of carbonyl (C=O) groups excluding carboxylic acids is 2. The van der Waals surface area contributed by atoms with Crippen LogP contribution in [0.4, 0.5) is 0 Å². The van der Waals surface area contributed by atoms with E-state index in [1.165, 1.54) is 0 Å². The molecule has 2 N–H and O–H groups in total. The first-order valence-corrected chi connectivity index (χ1v) is 16.3. The molecule has 232 valence electrons. The number of carbonyl (C=O) groups is 2. The summed E-state index contributed by atoms with van der Waals surface area (Å²) >= 11 is 0. The van der Waals surface area contributed by atoms with Crippen molar-refractivity contribution in [3.05, 3.63) is 24.3 Å². The van der Waals surface area contributed by atoms with Gasteiger partial charge >= 0.3 is 0 Å². The van der Waals surface area contributed by atoms with Gasteiger partial charge in [-0.2, -0.15) is 8.42 Å². The Kier molecular flexibility index (Phi) is 12.8. The van der Waals surface area contributed by atoms with E-state index in [0.29, 0.717) is 77.0 Å². The summed E-state index contributed by atoms with van der Waals surface area (Å²) < 4.78 is 36.5. The molecule has 0 radical (unpaired) electrons. The lowest BCUT2D eigenvalue weighted by Crippen LogP contribution is -2.58. The standard InChI is InChI=1S/C27H43N5O4.CH4O3S/c1-20(2)19-32(22-16-21(17-28-18-22)26(33)30-11-14-36-15-12-30)27(34)25-29-23-8-4-5-9-24(23)31(25)10-6-7-13-35-3;1-5(2,3)4/h4-5,8-9,20-24,28H,6-7,10-19H2,1-3H3;1H3,(H,2,3,4)/t21-,22+,23?,24?;/m1./s1. The van der Waals surface area contributed by atoms with E-state index in [-0.39, 0.29) is 35.9 Å². The van der Waals surface area contributed by atoms with Crippen LogP contribution in [-0.4, -0.2) is 136 Å². The Morgan fingerprint density at radius 2 is 1.88 bits per heavy atom. The van der Waals surface area contributed by atoms with Crippen molar-refractivity contribution < 1.29 is 32.0 Å². The second kappa shape index (κ2) is 15.8. The molecule has 1 aliphatic carbocycles. The predicted octanol–water partition coefficient (Wildman–Crippen LogP) is 0.816. The lowest BCUT2D eigenvalue weighted by Gasteiger charge is -2.41. The summed E-state index contributed by atoms with van der Waals surface area (Å²) in [5.74, 6) is 0.891. The smallest absolute Gasteiger partial charge is 0.289 e. The minimum absolute atomic E-state index is 0.0158. The molecule has 4 aliphatic rings. The number of ether oxygens (including phenoxy) is 2. The van der Waals surface area contributed by atoms with Crippen LogP contribution in [0.15, 0.2) is 29.3 Å². The van der Waals surface area contributed by atoms with E-state index in [1.807, 2.05) is 22.0 Å². The van der Waals surface area contributed by atoms with Crippen molar-refractivity contribution in [2.45, 2.75) is 51.2 Å². The number of amidine groups is 1. The molecule has 2 amide bonds. The highest BCUT2D eigenvalue weighted by molar-refractivity contribution is 7.85. The molecule has 41 heavy (non-hydrogen) atoms. The summed E-state index contributed by atoms with van der Waals surface area (Å²) in [6.45, 7) is 10.2. The van der Waals surface area contributed by atoms with Crippen molar-refractivity contribution in [2.24, 2.45) is 16.8 Å². The summed E-state index contributed by atoms with van der Waals surface area (Å²) in [6, 6.07) is 0.00493. The summed E-state index contributed by atoms with van der Waals surface area (Å²) in [7, 11) is -1.95. The van der Waals surface area contributed by atoms with Gasteiger partial charge < -0.3 is 29.5 Å². The highest BCUT2D eigenvalue weighted by Gasteiger charge is 2.42. The highest BCUT2D eigenvalue weighted by atomic mass is 32.2. The number of nitrogens with one attached hydrogen (secondary N) is 1. The second-order valence-electron chi connectivity index (χ2n) is 11.4. The van der Waals surface area contributed by atoms with Gasteiger partial charge in [0.25, 0.3) is 16.0 Å². The molecule has 0 spiro atoms. The Morgan fingerprint density at radius 1 is 1.20 bits per heavy atom. The van der Waals surface area contributed by atoms with Gasteiger partial charge in [0, 0.05) is 59.0 Å². The zero-order valence-electron chi connectivity index (χ0n) is 24.8. The molecule has 0 aromatic heterocycles. The summed E-state index contributed by atoms with van der Waals surface area (Å²) in [5.41, 5.74) is 0. The van der Waals surface area contributed by atoms with Crippen LogP contribution < -0.4 is 5.32 Å². The topological polar surface area (TPSA) is 141 Å². The summed E-state index contributed by atoms with van der Waals surface area (Å²) in [4.78, 5) is 38.4. The zero-order valence-corrected chi connectivity index (χ0v) is 25.6. The molecule has 4 rings (SSSR count). The van der Waals surface area contributed by atoms with Gasteiger partial charge in [-0.15, -0.1) is 0 Å². The number of hydrogen-bond donors (Lipinski definition) is 2. The molecular weight excluding hydrogens is 550 g/mol. The molecule has 0 aromatic rings. The molecule has 2 unspecified atom stereocenters. The van der Waals surface area contributed by atoms with Crippen LogP contribution in [-0.2, 0) is 29.2 Å². The number of fused-ring (bicyclic) bond motifs is 1. The van der Waals surface area contributed by atoms with Gasteiger partial charge in [0.1, 0.15) is 0 Å². The van der Waals surface area contributed by atoms with Crippen LogP contribution in [0.5, 0.6) is 0 Å². The van der Waals surface area contributed by atoms with Crippen molar-refractivity contribution in [1.82, 2.24) is 20.0 Å². The molecule has 2 fully saturated rings. The molecule has 12 nitrogen and oxygen atoms in total. The van der Waals surface area contributed by atoms with Crippen LogP contribution in [0.2, 0.25) is 0 Å². The number of allylic oxidation sites excluding steroid dienone is 2. The van der Waals surface area contributed by atoms with E-state index in [0.717, 1.165) is 19.4 Å². The lowest BCUT2D eigenvalue weighted by molar-refractivity contribution is -0.142. The molecule has 3 aliphatic heterocycles. The van der Waals surface area contributed by atoms with Crippen LogP contribution >= 0.6 is 0 Å². The fourth-order valence-electron chi connectivity index (χ4n) is 5.62. The largest absolute Gasteiger partial charge is 0.385 e. The molecule has 0 bridgehead atoms. The van der Waals surface area contributed by atoms with Gasteiger partial charge in [-0.3, -0.25) is 19.1 Å². The summed E-state index contributed by atoms with van der Waals surface area (Å²) in [5, 5.41) is 3.45. The normalized spacial score (nSPS) is 25.9. The maximum absolute atomic E-state index is 14.1. The minimum atomic E-state index is -3.67. The number of rotatable bonds is 10. The molecule has 0 aromatic carbocycles. The number of hydrogen-bond acceptors (Lipinski definition) is 9. The third-order valence-electron chi connectivity index (χ3n) is 7.43. The first-order valence-electron chi connectivity index (χ1n) is 14.5. The second-order valence-corrected chi connectivity index (χ2v) is 12.8. The van der Waals surface area contributed by atoms with E-state index in [9.17, 15) is 18.0 Å². The molecule has 2 saturated heterocycles. The van der Waals surface area contributed by atoms with E-state index < -0.39 is 10.1 Å². The predicted molar refractivity (Wildman–Crippen MR) is 157 cm³/mol. The van der Waals surface area contributed by atoms with Gasteiger partial charge in [-0.25, -0.2) is 0 Å². The SMILES string of the molecule is COCCCCN1C(C(=O)N(CC(C)C)[C@@H]2CNC[C@H](C(=O)N3CCOCC3)C2)=NC2C=CC=CC21.CS(=O)(=O)O. The highest BCUT2D eigenvalue weighted by Crippen LogP contribution is 2.27. The van der Waals surface area contributed by atoms with Crippen molar-refractivity contribution in [3.63, 3.8) is 0 Å². The van der Waals surface area contributed by atoms with Crippen LogP contribution in [0.25, 0.3) is 0 Å². The maximum atomic E-state index is 14.1. The average molecular weight is 598 g/mol. The quantitative estimate of drug-likeness (QED) is 0.277. The Hall–Kier alpha value is -2.32. The number of amides is 2. The first kappa shape index (κ1) is 33.2. The average Bonchev–Trinajstić information content (AvgIpc) is 3.31. The van der Waals surface area contributed by atoms with Gasteiger partial charge in [-0.1, -0.05) is 38.2 Å². The minimum Gasteiger partial charge on any atom is -0.385 e. The Balaban J connectivity index is 0.000000850. The van der Waals surface area contributed by atoms with E-state index in [4.69, 9.17) is 19.0 Å². The number of piperidine rings is 1. The third-order valence-corrected chi connectivity index (χ3v) is 7.43. The van der Waals surface area contributed by atoms with Gasteiger partial charge in [-0.05, 0) is 25.2 Å². The maximum Gasteiger partial charge on any atom is 0.289 e. The van der Waals surface area contributed by atoms with Crippen molar-refractivity contribution >= 4 is 27.8 Å². The molecular formula is C28H47N5O7S. The Morgan fingerprint density at radius 3 is 2.54 bits per heavy atom. The van der Waals surface area contributed by atoms with Crippen molar-refractivity contribution in [1.29, 1.82) is 0 Å². The first-order chi connectivity index (χ1) is 19.5. The van der Waals surface area contributed by atoms with E-state index >= 15 is 0 Å². The zero-order chi connectivity index (χ0) is 30.0. The van der Waals surface area contributed by atoms with Crippen molar-refractivity contribution in [3.8, 4) is 0 Å². The van der Waals surface area contributed by atoms with Gasteiger partial charge in [0.15, 0.2) is 5.84 Å². The third kappa shape index (κ3) is 10.2. The molecule has 13 heteroatoms. The molecule has 3 heterocycles. The summed E-state index contributed by atoms with van der Waals surface area (Å²) in [6.07, 6.45) is 11.6. The van der Waals surface area contributed by atoms with E-state index in [2.05, 4.69) is 36.2 Å². The number of unbranched alkanes of at least 4 members (excludes halogenated alkanes) is 1. The van der Waals surface area contributed by atoms with Crippen molar-refractivity contribution in [2.75, 3.05) is 72.5 Å². The Bertz CT molecular complexity index is 1060. The lowest BCUT2D eigenvalue weighted by atomic mass is 9.92. The fourth-order valence-corrected chi connectivity index (χ4v) is 5.62. The van der Waals surface area contributed by atoms with Crippen LogP contribution in [0.3, 0.4) is 0 Å². The fraction of sp³-hybridized carbons (Fsp3) is 0.750. The van der Waals surface area contributed by atoms with Gasteiger partial charge in [0.2, 0.25) is 5.91 Å². The number of morpholine rings is 1. The number of methoxy groups -OCH3 is 1. The number of nitrogens with zero attached hydrogens (tertiary/aromatic N) is 4. The molecule has 0 saturated carbocycles. The van der Waals surface area contributed by atoms with Crippen LogP contribution in [0, 0.1) is 11.8 Å². The van der Waals surface area contributed by atoms with Gasteiger partial charge in [0.05, 0.1) is 37.5 Å². The van der Waals surface area contributed by atoms with Crippen LogP contribution in [0.1, 0.15) is 33.1 Å². The monoisotopic (exact) mass is 597 g/mol. The molecule has 4 atom stereocenters. The number of aliphatic imine (C=N–C) groups is 1. The van der Waals surface area contributed by atoms with E-state index in [1.54, 1.807) is 7.11 Å².